The third-order valence-electron chi connectivity index (χ3n) is 2.60. The molecule has 3 aromatic rings. The monoisotopic (exact) mass is 369 g/mol. The minimum absolute atomic E-state index is 0.319. The van der Waals surface area contributed by atoms with Gasteiger partial charge in [-0.25, -0.2) is 4.98 Å². The molecule has 3 rings (SSSR count). The van der Waals surface area contributed by atoms with Crippen molar-refractivity contribution in [2.75, 3.05) is 0 Å². The zero-order valence-electron chi connectivity index (χ0n) is 11.3. The number of rotatable bonds is 5. The molecule has 1 N–H and O–H groups in total. The minimum Gasteiger partial charge on any atom is -0.444 e. The number of H-pyrrole nitrogens is 1. The summed E-state index contributed by atoms with van der Waals surface area (Å²) < 4.78 is 11.5. The number of halogens is 1. The Morgan fingerprint density at radius 1 is 1.29 bits per heavy atom. The summed E-state index contributed by atoms with van der Waals surface area (Å²) in [6.45, 7) is 4.11. The average Bonchev–Trinajstić information content (AvgIpc) is 3.16. The summed E-state index contributed by atoms with van der Waals surface area (Å²) in [5.74, 6) is 3.08. The van der Waals surface area contributed by atoms with Crippen LogP contribution in [0.1, 0.15) is 31.5 Å². The van der Waals surface area contributed by atoms with E-state index in [0.717, 1.165) is 5.82 Å². The lowest BCUT2D eigenvalue weighted by atomic mass is 10.2. The fourth-order valence-electron chi connectivity index (χ4n) is 1.55. The van der Waals surface area contributed by atoms with Crippen LogP contribution in [0.4, 0.5) is 0 Å². The van der Waals surface area contributed by atoms with Crippen LogP contribution >= 0.6 is 27.7 Å². The molecule has 3 heterocycles. The van der Waals surface area contributed by atoms with Crippen molar-refractivity contribution in [1.29, 1.82) is 0 Å². The summed E-state index contributed by atoms with van der Waals surface area (Å²) >= 11 is 4.67. The van der Waals surface area contributed by atoms with Gasteiger partial charge in [-0.2, -0.15) is 0 Å². The first-order valence-electron chi connectivity index (χ1n) is 6.25. The number of aromatic nitrogens is 5. The summed E-state index contributed by atoms with van der Waals surface area (Å²) in [5.41, 5.74) is 0. The number of thioether (sulfide) groups is 1. The molecule has 7 nitrogen and oxygen atoms in total. The SMILES string of the molecule is CC(C)c1nc(SCc2nnc(-c3ccc(Br)o3)o2)n[nH]1. The number of nitrogens with one attached hydrogen (secondary N) is 1. The second kappa shape index (κ2) is 6.02. The van der Waals surface area contributed by atoms with Crippen LogP contribution in [0, 0.1) is 0 Å². The van der Waals surface area contributed by atoms with Gasteiger partial charge in [-0.05, 0) is 28.1 Å². The van der Waals surface area contributed by atoms with Gasteiger partial charge in [0.1, 0.15) is 5.82 Å². The van der Waals surface area contributed by atoms with Crippen LogP contribution in [-0.2, 0) is 5.75 Å². The van der Waals surface area contributed by atoms with Crippen LogP contribution in [0.5, 0.6) is 0 Å². The van der Waals surface area contributed by atoms with E-state index in [0.29, 0.717) is 39.0 Å². The number of hydrogen-bond acceptors (Lipinski definition) is 7. The maximum Gasteiger partial charge on any atom is 0.283 e. The summed E-state index contributed by atoms with van der Waals surface area (Å²) in [5, 5.41) is 15.6. The van der Waals surface area contributed by atoms with Crippen LogP contribution < -0.4 is 0 Å². The van der Waals surface area contributed by atoms with Gasteiger partial charge in [0.25, 0.3) is 5.89 Å². The smallest absolute Gasteiger partial charge is 0.283 e. The van der Waals surface area contributed by atoms with Crippen molar-refractivity contribution in [3.8, 4) is 11.7 Å². The van der Waals surface area contributed by atoms with Crippen LogP contribution in [0.15, 0.2) is 30.8 Å². The standard InChI is InChI=1S/C12H12BrN5O2S/c1-6(2)10-14-12(18-16-10)21-5-9-15-17-11(20-9)7-3-4-8(13)19-7/h3-4,6H,5H2,1-2H3,(H,14,16,18). The molecule has 21 heavy (non-hydrogen) atoms. The predicted octanol–water partition coefficient (Wildman–Crippen LogP) is 3.63. The summed E-state index contributed by atoms with van der Waals surface area (Å²) in [7, 11) is 0. The predicted molar refractivity (Wildman–Crippen MR) is 79.7 cm³/mol. The first kappa shape index (κ1) is 14.3. The molecule has 0 saturated heterocycles. The molecule has 0 aliphatic carbocycles. The molecule has 0 atom stereocenters. The number of furan rings is 1. The van der Waals surface area contributed by atoms with Crippen LogP contribution in [-0.4, -0.2) is 25.4 Å². The van der Waals surface area contributed by atoms with Gasteiger partial charge in [0, 0.05) is 5.92 Å². The Kier molecular flexibility index (Phi) is 4.11. The molecule has 0 bridgehead atoms. The molecule has 110 valence electrons. The molecule has 0 spiro atoms. The Balaban J connectivity index is 1.64. The Bertz CT molecular complexity index is 735. The molecule has 0 saturated carbocycles. The van der Waals surface area contributed by atoms with Gasteiger partial charge in [-0.15, -0.1) is 15.3 Å². The summed E-state index contributed by atoms with van der Waals surface area (Å²) in [6.07, 6.45) is 0. The lowest BCUT2D eigenvalue weighted by molar-refractivity contribution is 0.486. The normalized spacial score (nSPS) is 11.4. The van der Waals surface area contributed by atoms with Crippen molar-refractivity contribution in [2.24, 2.45) is 0 Å². The van der Waals surface area contributed by atoms with Crippen molar-refractivity contribution in [3.63, 3.8) is 0 Å². The van der Waals surface area contributed by atoms with E-state index in [-0.39, 0.29) is 0 Å². The fraction of sp³-hybridized carbons (Fsp3) is 0.333. The molecule has 0 unspecified atom stereocenters. The van der Waals surface area contributed by atoms with Crippen molar-refractivity contribution < 1.29 is 8.83 Å². The fourth-order valence-corrected chi connectivity index (χ4v) is 2.50. The van der Waals surface area contributed by atoms with Crippen LogP contribution in [0.2, 0.25) is 0 Å². The largest absolute Gasteiger partial charge is 0.444 e. The van der Waals surface area contributed by atoms with E-state index in [4.69, 9.17) is 8.83 Å². The molecule has 0 aliphatic rings. The Morgan fingerprint density at radius 3 is 2.81 bits per heavy atom. The van der Waals surface area contributed by atoms with E-state index in [1.165, 1.54) is 11.8 Å². The van der Waals surface area contributed by atoms with E-state index < -0.39 is 0 Å². The minimum atomic E-state index is 0.319. The molecule has 0 aliphatic heterocycles. The molecule has 3 aromatic heterocycles. The lowest BCUT2D eigenvalue weighted by Crippen LogP contribution is -1.89. The quantitative estimate of drug-likeness (QED) is 0.686. The number of hydrogen-bond donors (Lipinski definition) is 1. The van der Waals surface area contributed by atoms with E-state index in [2.05, 4.69) is 55.2 Å². The molecular formula is C12H12BrN5O2S. The number of nitrogens with zero attached hydrogens (tertiary/aromatic N) is 4. The van der Waals surface area contributed by atoms with Crippen molar-refractivity contribution >= 4 is 27.7 Å². The molecule has 0 amide bonds. The summed E-state index contributed by atoms with van der Waals surface area (Å²) in [4.78, 5) is 4.37. The maximum absolute atomic E-state index is 5.54. The topological polar surface area (TPSA) is 93.6 Å². The zero-order chi connectivity index (χ0) is 14.8. The van der Waals surface area contributed by atoms with Crippen molar-refractivity contribution in [3.05, 3.63) is 28.5 Å². The highest BCUT2D eigenvalue weighted by Crippen LogP contribution is 2.26. The highest BCUT2D eigenvalue weighted by atomic mass is 79.9. The van der Waals surface area contributed by atoms with Gasteiger partial charge < -0.3 is 8.83 Å². The molecule has 0 radical (unpaired) electrons. The van der Waals surface area contributed by atoms with Crippen LogP contribution in [0.3, 0.4) is 0 Å². The Hall–Kier alpha value is -1.61. The first-order chi connectivity index (χ1) is 10.1. The van der Waals surface area contributed by atoms with E-state index in [9.17, 15) is 0 Å². The first-order valence-corrected chi connectivity index (χ1v) is 8.03. The Morgan fingerprint density at radius 2 is 2.14 bits per heavy atom. The van der Waals surface area contributed by atoms with E-state index in [1.807, 2.05) is 0 Å². The van der Waals surface area contributed by atoms with Gasteiger partial charge >= 0.3 is 0 Å². The van der Waals surface area contributed by atoms with Crippen LogP contribution in [0.25, 0.3) is 11.7 Å². The molecule has 9 heteroatoms. The van der Waals surface area contributed by atoms with E-state index >= 15 is 0 Å². The van der Waals surface area contributed by atoms with Gasteiger partial charge in [-0.3, -0.25) is 5.10 Å². The third-order valence-corrected chi connectivity index (χ3v) is 3.86. The van der Waals surface area contributed by atoms with Crippen molar-refractivity contribution in [2.45, 2.75) is 30.7 Å². The maximum atomic E-state index is 5.54. The Labute approximate surface area is 133 Å². The van der Waals surface area contributed by atoms with Gasteiger partial charge in [0.15, 0.2) is 10.4 Å². The zero-order valence-corrected chi connectivity index (χ0v) is 13.7. The highest BCUT2D eigenvalue weighted by Gasteiger charge is 2.14. The molecule has 0 fully saturated rings. The van der Waals surface area contributed by atoms with Crippen molar-refractivity contribution in [1.82, 2.24) is 25.4 Å². The summed E-state index contributed by atoms with van der Waals surface area (Å²) in [6, 6.07) is 3.54. The molecule has 0 aromatic carbocycles. The number of aromatic amines is 1. The van der Waals surface area contributed by atoms with E-state index in [1.54, 1.807) is 12.1 Å². The molecular weight excluding hydrogens is 358 g/mol. The second-order valence-electron chi connectivity index (χ2n) is 4.55. The third kappa shape index (κ3) is 3.35. The average molecular weight is 370 g/mol. The second-order valence-corrected chi connectivity index (χ2v) is 6.28. The lowest BCUT2D eigenvalue weighted by Gasteiger charge is -1.95. The van der Waals surface area contributed by atoms with Gasteiger partial charge in [0.05, 0.1) is 5.75 Å². The van der Waals surface area contributed by atoms with Gasteiger partial charge in [-0.1, -0.05) is 25.6 Å². The highest BCUT2D eigenvalue weighted by molar-refractivity contribution is 9.10. The van der Waals surface area contributed by atoms with Gasteiger partial charge in [0.2, 0.25) is 11.0 Å².